The van der Waals surface area contributed by atoms with Gasteiger partial charge in [-0.3, -0.25) is 4.79 Å². The third-order valence-corrected chi connectivity index (χ3v) is 1.95. The lowest BCUT2D eigenvalue weighted by Gasteiger charge is -2.05. The summed E-state index contributed by atoms with van der Waals surface area (Å²) in [7, 11) is 0. The largest absolute Gasteiger partial charge is 0.458 e. The molecule has 0 bridgehead atoms. The zero-order chi connectivity index (χ0) is 9.14. The first-order valence-corrected chi connectivity index (χ1v) is 4.13. The van der Waals surface area contributed by atoms with Gasteiger partial charge in [0.2, 0.25) is 0 Å². The molecule has 0 saturated carbocycles. The molecular formula is C10H14O2. The van der Waals surface area contributed by atoms with Crippen LogP contribution >= 0.6 is 0 Å². The molecule has 0 aromatic rings. The fourth-order valence-electron chi connectivity index (χ4n) is 1.35. The minimum atomic E-state index is -0.209. The first-order valence-electron chi connectivity index (χ1n) is 4.13. The molecule has 66 valence electrons. The summed E-state index contributed by atoms with van der Waals surface area (Å²) in [6.45, 7) is 7.25. The van der Waals surface area contributed by atoms with Gasteiger partial charge in [-0.2, -0.15) is 0 Å². The second-order valence-corrected chi connectivity index (χ2v) is 3.16. The Bertz CT molecular complexity index is 238. The molecule has 1 rings (SSSR count). The molecule has 0 fully saturated rings. The van der Waals surface area contributed by atoms with Crippen LogP contribution in [0.2, 0.25) is 0 Å². The van der Waals surface area contributed by atoms with Crippen LogP contribution in [-0.4, -0.2) is 12.1 Å². The van der Waals surface area contributed by atoms with Gasteiger partial charge >= 0.3 is 5.97 Å². The van der Waals surface area contributed by atoms with Crippen LogP contribution < -0.4 is 0 Å². The Kier molecular flexibility index (Phi) is 2.69. The average molecular weight is 166 g/mol. The highest BCUT2D eigenvalue weighted by molar-refractivity contribution is 5.66. The molecule has 0 heterocycles. The Labute approximate surface area is 72.9 Å². The van der Waals surface area contributed by atoms with Crippen molar-refractivity contribution < 1.29 is 9.53 Å². The molecule has 0 aromatic heterocycles. The highest BCUT2D eigenvalue weighted by atomic mass is 16.5. The predicted molar refractivity (Wildman–Crippen MR) is 47.7 cm³/mol. The van der Waals surface area contributed by atoms with Crippen molar-refractivity contribution in [1.82, 2.24) is 0 Å². The van der Waals surface area contributed by atoms with E-state index in [1.54, 1.807) is 0 Å². The first-order chi connectivity index (χ1) is 5.59. The Hall–Kier alpha value is -1.05. The van der Waals surface area contributed by atoms with Gasteiger partial charge in [-0.25, -0.2) is 0 Å². The number of hydrogen-bond acceptors (Lipinski definition) is 2. The topological polar surface area (TPSA) is 26.3 Å². The van der Waals surface area contributed by atoms with Crippen LogP contribution in [0.3, 0.4) is 0 Å². The van der Waals surface area contributed by atoms with Crippen LogP contribution in [0.4, 0.5) is 0 Å². The molecule has 0 amide bonds. The molecule has 2 nitrogen and oxygen atoms in total. The summed E-state index contributed by atoms with van der Waals surface area (Å²) in [5, 5.41) is 0. The molecule has 0 N–H and O–H groups in total. The fourth-order valence-corrected chi connectivity index (χ4v) is 1.35. The van der Waals surface area contributed by atoms with Crippen LogP contribution in [-0.2, 0) is 9.53 Å². The maximum Gasteiger partial charge on any atom is 0.303 e. The standard InChI is InChI=1S/C10H14O2/c1-7(2)9-4-5-10(6-9)12-8(3)11/h6,10H,1,4-5H2,2-3H3/t10-/m1/s1. The summed E-state index contributed by atoms with van der Waals surface area (Å²) in [4.78, 5) is 10.6. The first kappa shape index (κ1) is 9.04. The highest BCUT2D eigenvalue weighted by Gasteiger charge is 2.17. The summed E-state index contributed by atoms with van der Waals surface area (Å²) < 4.78 is 5.04. The average Bonchev–Trinajstić information content (AvgIpc) is 2.34. The summed E-state index contributed by atoms with van der Waals surface area (Å²) in [5.74, 6) is -0.209. The highest BCUT2D eigenvalue weighted by Crippen LogP contribution is 2.25. The van der Waals surface area contributed by atoms with E-state index >= 15 is 0 Å². The minimum Gasteiger partial charge on any atom is -0.458 e. The van der Waals surface area contributed by atoms with Gasteiger partial charge < -0.3 is 4.74 Å². The van der Waals surface area contributed by atoms with Crippen molar-refractivity contribution in [2.45, 2.75) is 32.8 Å². The lowest BCUT2D eigenvalue weighted by Crippen LogP contribution is -2.10. The fraction of sp³-hybridized carbons (Fsp3) is 0.500. The molecular weight excluding hydrogens is 152 g/mol. The van der Waals surface area contributed by atoms with E-state index in [2.05, 4.69) is 6.58 Å². The normalized spacial score (nSPS) is 21.8. The molecule has 1 aliphatic rings. The van der Waals surface area contributed by atoms with Crippen LogP contribution in [0.5, 0.6) is 0 Å². The minimum absolute atomic E-state index is 0.0193. The van der Waals surface area contributed by atoms with Gasteiger partial charge in [0.25, 0.3) is 0 Å². The number of esters is 1. The lowest BCUT2D eigenvalue weighted by molar-refractivity contribution is -0.144. The van der Waals surface area contributed by atoms with E-state index in [9.17, 15) is 4.79 Å². The monoisotopic (exact) mass is 166 g/mol. The van der Waals surface area contributed by atoms with Crippen LogP contribution in [0.15, 0.2) is 23.8 Å². The molecule has 1 aliphatic carbocycles. The van der Waals surface area contributed by atoms with Gasteiger partial charge in [0.1, 0.15) is 6.10 Å². The Morgan fingerprint density at radius 1 is 1.67 bits per heavy atom. The van der Waals surface area contributed by atoms with E-state index in [0.717, 1.165) is 18.4 Å². The smallest absolute Gasteiger partial charge is 0.303 e. The van der Waals surface area contributed by atoms with Gasteiger partial charge in [0.15, 0.2) is 0 Å². The number of allylic oxidation sites excluding steroid dienone is 2. The maximum atomic E-state index is 10.6. The molecule has 0 saturated heterocycles. The number of carbonyl (C=O) groups excluding carboxylic acids is 1. The van der Waals surface area contributed by atoms with E-state index in [-0.39, 0.29) is 12.1 Å². The molecule has 2 heteroatoms. The second-order valence-electron chi connectivity index (χ2n) is 3.16. The molecule has 0 unspecified atom stereocenters. The van der Waals surface area contributed by atoms with Crippen molar-refractivity contribution in [2.75, 3.05) is 0 Å². The van der Waals surface area contributed by atoms with Crippen molar-refractivity contribution in [3.05, 3.63) is 23.8 Å². The molecule has 0 aliphatic heterocycles. The van der Waals surface area contributed by atoms with Gasteiger partial charge in [-0.05, 0) is 31.4 Å². The third-order valence-electron chi connectivity index (χ3n) is 1.95. The molecule has 1 atom stereocenters. The van der Waals surface area contributed by atoms with Crippen LogP contribution in [0.25, 0.3) is 0 Å². The Morgan fingerprint density at radius 3 is 2.75 bits per heavy atom. The Morgan fingerprint density at radius 2 is 2.33 bits per heavy atom. The van der Waals surface area contributed by atoms with Crippen molar-refractivity contribution in [3.63, 3.8) is 0 Å². The van der Waals surface area contributed by atoms with Crippen LogP contribution in [0, 0.1) is 0 Å². The Balaban J connectivity index is 2.53. The molecule has 0 spiro atoms. The maximum absolute atomic E-state index is 10.6. The molecule has 0 radical (unpaired) electrons. The summed E-state index contributed by atoms with van der Waals surface area (Å²) in [6.07, 6.45) is 3.85. The summed E-state index contributed by atoms with van der Waals surface area (Å²) in [5.41, 5.74) is 2.30. The van der Waals surface area contributed by atoms with Crippen molar-refractivity contribution in [3.8, 4) is 0 Å². The van der Waals surface area contributed by atoms with E-state index < -0.39 is 0 Å². The van der Waals surface area contributed by atoms with Gasteiger partial charge in [0.05, 0.1) is 0 Å². The molecule has 0 aromatic carbocycles. The zero-order valence-electron chi connectivity index (χ0n) is 7.59. The number of ether oxygens (including phenoxy) is 1. The van der Waals surface area contributed by atoms with E-state index in [0.29, 0.717) is 0 Å². The number of rotatable bonds is 2. The van der Waals surface area contributed by atoms with E-state index in [4.69, 9.17) is 4.74 Å². The third kappa shape index (κ3) is 2.22. The molecule has 12 heavy (non-hydrogen) atoms. The zero-order valence-corrected chi connectivity index (χ0v) is 7.59. The van der Waals surface area contributed by atoms with Gasteiger partial charge in [-0.1, -0.05) is 12.2 Å². The van der Waals surface area contributed by atoms with Gasteiger partial charge in [0, 0.05) is 6.92 Å². The number of carbonyl (C=O) groups is 1. The van der Waals surface area contributed by atoms with Crippen molar-refractivity contribution in [1.29, 1.82) is 0 Å². The second kappa shape index (κ2) is 3.57. The van der Waals surface area contributed by atoms with E-state index in [1.807, 2.05) is 13.0 Å². The van der Waals surface area contributed by atoms with E-state index in [1.165, 1.54) is 12.5 Å². The summed E-state index contributed by atoms with van der Waals surface area (Å²) in [6, 6.07) is 0. The summed E-state index contributed by atoms with van der Waals surface area (Å²) >= 11 is 0. The quantitative estimate of drug-likeness (QED) is 0.588. The SMILES string of the molecule is C=C(C)C1=C[C@H](OC(C)=O)CC1. The lowest BCUT2D eigenvalue weighted by atomic mass is 10.1. The van der Waals surface area contributed by atoms with Crippen molar-refractivity contribution >= 4 is 5.97 Å². The number of hydrogen-bond donors (Lipinski definition) is 0. The predicted octanol–water partition coefficient (Wildman–Crippen LogP) is 2.21. The van der Waals surface area contributed by atoms with Crippen molar-refractivity contribution in [2.24, 2.45) is 0 Å². The van der Waals surface area contributed by atoms with Gasteiger partial charge in [-0.15, -0.1) is 0 Å². The van der Waals surface area contributed by atoms with Crippen LogP contribution in [0.1, 0.15) is 26.7 Å².